The van der Waals surface area contributed by atoms with Gasteiger partial charge in [0.2, 0.25) is 5.91 Å². The predicted octanol–water partition coefficient (Wildman–Crippen LogP) is 2.63. The number of hydrogen-bond acceptors (Lipinski definition) is 2. The summed E-state index contributed by atoms with van der Waals surface area (Å²) in [5.74, 6) is -0.693. The molecule has 5 nitrogen and oxygen atoms in total. The Labute approximate surface area is 139 Å². The van der Waals surface area contributed by atoms with Crippen LogP contribution in [0.4, 0.5) is 10.1 Å². The monoisotopic (exact) mass is 327 g/mol. The Kier molecular flexibility index (Phi) is 4.20. The fourth-order valence-corrected chi connectivity index (χ4v) is 2.75. The van der Waals surface area contributed by atoms with Crippen LogP contribution in [0.15, 0.2) is 24.3 Å². The minimum Gasteiger partial charge on any atom is -0.359 e. The summed E-state index contributed by atoms with van der Waals surface area (Å²) in [4.78, 5) is 26.3. The third kappa shape index (κ3) is 3.22. The number of aromatic nitrogens is 1. The molecule has 1 aliphatic heterocycles. The molecule has 24 heavy (non-hydrogen) atoms. The molecule has 6 heteroatoms. The number of H-pyrrole nitrogens is 1. The van der Waals surface area contributed by atoms with Crippen LogP contribution >= 0.6 is 0 Å². The fourth-order valence-electron chi connectivity index (χ4n) is 2.75. The number of anilines is 1. The molecule has 0 atom stereocenters. The molecule has 0 spiro atoms. The van der Waals surface area contributed by atoms with Crippen molar-refractivity contribution in [1.29, 1.82) is 0 Å². The molecule has 2 heterocycles. The number of rotatable bonds is 4. The summed E-state index contributed by atoms with van der Waals surface area (Å²) in [6.07, 6.45) is 2.40. The third-order valence-electron chi connectivity index (χ3n) is 3.93. The Bertz CT molecular complexity index is 852. The number of amides is 2. The zero-order valence-corrected chi connectivity index (χ0v) is 13.5. The molecule has 124 valence electrons. The van der Waals surface area contributed by atoms with E-state index in [1.165, 1.54) is 19.1 Å². The molecule has 3 rings (SSSR count). The second-order valence-electron chi connectivity index (χ2n) is 5.83. The number of hydrogen-bond donors (Lipinski definition) is 3. The number of aryl methyl sites for hydroxylation is 1. The van der Waals surface area contributed by atoms with Crippen LogP contribution in [0.2, 0.25) is 0 Å². The highest BCUT2D eigenvalue weighted by Gasteiger charge is 2.24. The van der Waals surface area contributed by atoms with Crippen molar-refractivity contribution in [1.82, 2.24) is 10.3 Å². The molecule has 0 radical (unpaired) electrons. The Hall–Kier alpha value is -2.89. The van der Waals surface area contributed by atoms with Crippen molar-refractivity contribution in [3.8, 4) is 0 Å². The topological polar surface area (TPSA) is 74.0 Å². The molecule has 0 saturated heterocycles. The first-order chi connectivity index (χ1) is 11.4. The van der Waals surface area contributed by atoms with Gasteiger partial charge in [0.25, 0.3) is 5.91 Å². The van der Waals surface area contributed by atoms with Crippen LogP contribution in [0.3, 0.4) is 0 Å². The van der Waals surface area contributed by atoms with Crippen LogP contribution in [0.5, 0.6) is 0 Å². The van der Waals surface area contributed by atoms with Crippen LogP contribution in [0.1, 0.15) is 29.4 Å². The van der Waals surface area contributed by atoms with Crippen LogP contribution in [-0.2, 0) is 16.0 Å². The highest BCUT2D eigenvalue weighted by Crippen LogP contribution is 2.33. The number of carbonyl (C=O) groups excluding carboxylic acids is 2. The maximum absolute atomic E-state index is 13.5. The van der Waals surface area contributed by atoms with Gasteiger partial charge in [-0.1, -0.05) is 0 Å². The largest absolute Gasteiger partial charge is 0.359 e. The second kappa shape index (κ2) is 6.31. The van der Waals surface area contributed by atoms with Crippen molar-refractivity contribution in [3.63, 3.8) is 0 Å². The number of fused-ring (bicyclic) bond motifs is 1. The summed E-state index contributed by atoms with van der Waals surface area (Å²) >= 11 is 0. The van der Waals surface area contributed by atoms with Gasteiger partial charge in [0, 0.05) is 42.5 Å². The van der Waals surface area contributed by atoms with Gasteiger partial charge in [-0.15, -0.1) is 0 Å². The Balaban J connectivity index is 1.87. The van der Waals surface area contributed by atoms with Gasteiger partial charge in [-0.05, 0) is 42.8 Å². The van der Waals surface area contributed by atoms with Crippen molar-refractivity contribution < 1.29 is 14.0 Å². The first kappa shape index (κ1) is 16.0. The number of aromatic amines is 1. The van der Waals surface area contributed by atoms with Gasteiger partial charge in [-0.2, -0.15) is 0 Å². The summed E-state index contributed by atoms with van der Waals surface area (Å²) in [7, 11) is 0. The van der Waals surface area contributed by atoms with E-state index in [-0.39, 0.29) is 17.6 Å². The second-order valence-corrected chi connectivity index (χ2v) is 5.83. The summed E-state index contributed by atoms with van der Waals surface area (Å²) in [6.45, 7) is 3.95. The zero-order valence-electron chi connectivity index (χ0n) is 13.5. The highest BCUT2D eigenvalue weighted by atomic mass is 19.1. The smallest absolute Gasteiger partial charge is 0.256 e. The number of halogens is 1. The molecule has 0 fully saturated rings. The van der Waals surface area contributed by atoms with Gasteiger partial charge in [-0.3, -0.25) is 9.59 Å². The van der Waals surface area contributed by atoms with Gasteiger partial charge in [0.15, 0.2) is 0 Å². The van der Waals surface area contributed by atoms with E-state index in [4.69, 9.17) is 0 Å². The van der Waals surface area contributed by atoms with E-state index in [0.29, 0.717) is 29.8 Å². The van der Waals surface area contributed by atoms with Gasteiger partial charge in [0.05, 0.1) is 5.57 Å². The molecule has 3 N–H and O–H groups in total. The van der Waals surface area contributed by atoms with Gasteiger partial charge < -0.3 is 15.6 Å². The molecule has 0 saturated carbocycles. The van der Waals surface area contributed by atoms with Crippen molar-refractivity contribution in [2.24, 2.45) is 0 Å². The summed E-state index contributed by atoms with van der Waals surface area (Å²) < 4.78 is 13.5. The maximum atomic E-state index is 13.5. The Morgan fingerprint density at radius 1 is 1.33 bits per heavy atom. The lowest BCUT2D eigenvalue weighted by molar-refractivity contribution is -0.119. The average Bonchev–Trinajstić information content (AvgIpc) is 3.00. The molecular formula is C18H18FN3O2. The average molecular weight is 327 g/mol. The quantitative estimate of drug-likeness (QED) is 0.755. The highest BCUT2D eigenvalue weighted by molar-refractivity contribution is 6.34. The third-order valence-corrected chi connectivity index (χ3v) is 3.93. The first-order valence-corrected chi connectivity index (χ1v) is 7.70. The maximum Gasteiger partial charge on any atom is 0.256 e. The number of nitrogens with one attached hydrogen (secondary N) is 3. The summed E-state index contributed by atoms with van der Waals surface area (Å²) in [6, 6.07) is 6.22. The molecule has 1 aromatic heterocycles. The molecule has 0 unspecified atom stereocenters. The minimum absolute atomic E-state index is 0.0677. The molecule has 0 bridgehead atoms. The lowest BCUT2D eigenvalue weighted by atomic mass is 10.1. The van der Waals surface area contributed by atoms with E-state index in [9.17, 15) is 14.0 Å². The molecular weight excluding hydrogens is 309 g/mol. The normalized spacial score (nSPS) is 14.6. The fraction of sp³-hybridized carbons (Fsp3) is 0.222. The van der Waals surface area contributed by atoms with Crippen molar-refractivity contribution in [2.45, 2.75) is 20.3 Å². The van der Waals surface area contributed by atoms with Crippen molar-refractivity contribution in [3.05, 3.63) is 52.6 Å². The van der Waals surface area contributed by atoms with Crippen molar-refractivity contribution in [2.75, 3.05) is 11.9 Å². The van der Waals surface area contributed by atoms with E-state index < -0.39 is 0 Å². The van der Waals surface area contributed by atoms with Gasteiger partial charge >= 0.3 is 0 Å². The van der Waals surface area contributed by atoms with E-state index in [2.05, 4.69) is 15.6 Å². The van der Waals surface area contributed by atoms with Crippen LogP contribution < -0.4 is 10.6 Å². The summed E-state index contributed by atoms with van der Waals surface area (Å²) in [5, 5.41) is 5.47. The van der Waals surface area contributed by atoms with Crippen LogP contribution in [0.25, 0.3) is 11.6 Å². The SMILES string of the molecule is CC(=O)NCCc1cc(C)c(/C=C2\C(=O)Nc3ccc(F)cc32)[nH]1. The van der Waals surface area contributed by atoms with E-state index in [1.54, 1.807) is 12.1 Å². The molecule has 2 aromatic rings. The number of carbonyl (C=O) groups is 2. The predicted molar refractivity (Wildman–Crippen MR) is 90.8 cm³/mol. The first-order valence-electron chi connectivity index (χ1n) is 7.70. The van der Waals surface area contributed by atoms with Gasteiger partial charge in [-0.25, -0.2) is 4.39 Å². The standard InChI is InChI=1S/C18H18FN3O2/c1-10-7-13(5-6-20-11(2)23)21-17(10)9-15-14-8-12(19)3-4-16(14)22-18(15)24/h3-4,7-9,21H,5-6H2,1-2H3,(H,20,23)(H,22,24)/b15-9-. The molecule has 0 aliphatic carbocycles. The molecule has 2 amide bonds. The minimum atomic E-state index is -0.379. The Morgan fingerprint density at radius 2 is 2.12 bits per heavy atom. The van der Waals surface area contributed by atoms with Gasteiger partial charge in [0.1, 0.15) is 5.82 Å². The lowest BCUT2D eigenvalue weighted by Crippen LogP contribution is -2.22. The van der Waals surface area contributed by atoms with Crippen molar-refractivity contribution >= 4 is 29.2 Å². The zero-order chi connectivity index (χ0) is 17.3. The lowest BCUT2D eigenvalue weighted by Gasteiger charge is -2.00. The van der Waals surface area contributed by atoms with Crippen LogP contribution in [0, 0.1) is 12.7 Å². The number of benzene rings is 1. The van der Waals surface area contributed by atoms with Crippen LogP contribution in [-0.4, -0.2) is 23.3 Å². The van der Waals surface area contributed by atoms with E-state index in [0.717, 1.165) is 17.0 Å². The van der Waals surface area contributed by atoms with E-state index >= 15 is 0 Å². The molecule has 1 aliphatic rings. The summed E-state index contributed by atoms with van der Waals surface area (Å²) in [5.41, 5.74) is 4.36. The van der Waals surface area contributed by atoms with E-state index in [1.807, 2.05) is 13.0 Å². The Morgan fingerprint density at radius 3 is 2.88 bits per heavy atom. The molecule has 1 aromatic carbocycles.